The Bertz CT molecular complexity index is 1910. The lowest BCUT2D eigenvalue weighted by Crippen LogP contribution is -2.66. The molecule has 50 heavy (non-hydrogen) atoms. The largest absolute Gasteiger partial charge is 0.485 e. The minimum Gasteiger partial charge on any atom is -0.485 e. The second-order valence-electron chi connectivity index (χ2n) is 11.6. The molecule has 0 saturated heterocycles. The Labute approximate surface area is 289 Å². The van der Waals surface area contributed by atoms with Gasteiger partial charge in [-0.2, -0.15) is 0 Å². The van der Waals surface area contributed by atoms with Gasteiger partial charge in [0.05, 0.1) is 0 Å². The van der Waals surface area contributed by atoms with E-state index in [9.17, 15) is 29.7 Å². The maximum absolute atomic E-state index is 13.6. The van der Waals surface area contributed by atoms with E-state index in [0.29, 0.717) is 34.8 Å². The van der Waals surface area contributed by atoms with Gasteiger partial charge in [-0.25, -0.2) is 14.4 Å². The summed E-state index contributed by atoms with van der Waals surface area (Å²) in [7, 11) is 0. The van der Waals surface area contributed by atoms with Crippen LogP contribution in [0.5, 0.6) is 11.5 Å². The quantitative estimate of drug-likeness (QED) is 0.0699. The van der Waals surface area contributed by atoms with E-state index in [-0.39, 0.29) is 6.61 Å². The summed E-state index contributed by atoms with van der Waals surface area (Å²) in [5.74, 6) is -3.80. The summed E-state index contributed by atoms with van der Waals surface area (Å²) in [6, 6.07) is 40.3. The highest BCUT2D eigenvalue weighted by Crippen LogP contribution is 2.33. The van der Waals surface area contributed by atoms with Gasteiger partial charge >= 0.3 is 17.9 Å². The van der Waals surface area contributed by atoms with Crippen LogP contribution in [0.4, 0.5) is 0 Å². The van der Waals surface area contributed by atoms with Gasteiger partial charge in [0.1, 0.15) is 13.2 Å². The summed E-state index contributed by atoms with van der Waals surface area (Å²) in [5, 5.41) is 33.4. The van der Waals surface area contributed by atoms with E-state index in [2.05, 4.69) is 0 Å². The van der Waals surface area contributed by atoms with Gasteiger partial charge < -0.3 is 29.5 Å². The number of aliphatic hydroxyl groups is 2. The third-order valence-corrected chi connectivity index (χ3v) is 8.03. The van der Waals surface area contributed by atoms with Crippen molar-refractivity contribution in [2.45, 2.75) is 37.3 Å². The van der Waals surface area contributed by atoms with Crippen molar-refractivity contribution in [1.82, 2.24) is 0 Å². The smallest absolute Gasteiger partial charge is 0.350 e. The number of carbonyl (C=O) groups is 3. The van der Waals surface area contributed by atoms with Gasteiger partial charge in [0.2, 0.25) is 11.2 Å². The lowest BCUT2D eigenvalue weighted by atomic mass is 9.74. The first kappa shape index (κ1) is 35.3. The average molecular weight is 673 g/mol. The van der Waals surface area contributed by atoms with Crippen molar-refractivity contribution >= 4 is 24.0 Å². The number of carboxylic acids is 1. The summed E-state index contributed by atoms with van der Waals surface area (Å²) < 4.78 is 17.1. The molecule has 0 spiro atoms. The molecule has 0 bridgehead atoms. The molecule has 0 heterocycles. The SMILES string of the molecule is O=C(C=Cc1ccc(OCc2ccccc2)c(OCc2ccccc2)c1)OC(=O)[C@](O)(Cc1ccccc1)[C@@](O)(Cc1ccccc1)C(=O)O. The van der Waals surface area contributed by atoms with Crippen molar-refractivity contribution in [2.75, 3.05) is 0 Å². The molecule has 0 aromatic heterocycles. The average Bonchev–Trinajstić information content (AvgIpc) is 3.14. The van der Waals surface area contributed by atoms with E-state index in [1.54, 1.807) is 78.9 Å². The Balaban J connectivity index is 1.36. The number of esters is 2. The molecule has 9 heteroatoms. The maximum Gasteiger partial charge on any atom is 0.350 e. The number of hydrogen-bond donors (Lipinski definition) is 3. The molecule has 254 valence electrons. The fourth-order valence-corrected chi connectivity index (χ4v) is 5.27. The molecular weight excluding hydrogens is 636 g/mol. The first-order valence-corrected chi connectivity index (χ1v) is 15.8. The van der Waals surface area contributed by atoms with Crippen LogP contribution in [0.25, 0.3) is 6.08 Å². The van der Waals surface area contributed by atoms with E-state index in [1.807, 2.05) is 60.7 Å². The molecule has 0 aliphatic carbocycles. The second kappa shape index (κ2) is 16.4. The minimum atomic E-state index is -3.06. The lowest BCUT2D eigenvalue weighted by molar-refractivity contribution is -0.210. The van der Waals surface area contributed by atoms with Gasteiger partial charge in [0.15, 0.2) is 11.5 Å². The molecule has 0 fully saturated rings. The summed E-state index contributed by atoms with van der Waals surface area (Å²) in [6.45, 7) is 0.548. The van der Waals surface area contributed by atoms with Crippen molar-refractivity contribution in [3.05, 3.63) is 173 Å². The summed E-state index contributed by atoms with van der Waals surface area (Å²) in [6.07, 6.45) is 1.04. The molecule has 5 rings (SSSR count). The van der Waals surface area contributed by atoms with E-state index in [0.717, 1.165) is 17.2 Å². The Hall–Kier alpha value is -6.03. The van der Waals surface area contributed by atoms with Crippen LogP contribution in [0.15, 0.2) is 146 Å². The van der Waals surface area contributed by atoms with Gasteiger partial charge in [-0.15, -0.1) is 0 Å². The number of aliphatic carboxylic acids is 1. The fraction of sp³-hybridized carbons (Fsp3) is 0.146. The molecule has 2 atom stereocenters. The maximum atomic E-state index is 13.6. The van der Waals surface area contributed by atoms with Crippen LogP contribution >= 0.6 is 0 Å². The van der Waals surface area contributed by atoms with Crippen molar-refractivity contribution in [3.63, 3.8) is 0 Å². The van der Waals surface area contributed by atoms with Crippen LogP contribution in [0.1, 0.15) is 27.8 Å². The Morgan fingerprint density at radius 1 is 0.560 bits per heavy atom. The molecule has 5 aromatic carbocycles. The molecule has 9 nitrogen and oxygen atoms in total. The predicted molar refractivity (Wildman–Crippen MR) is 186 cm³/mol. The van der Waals surface area contributed by atoms with Crippen molar-refractivity contribution in [3.8, 4) is 11.5 Å². The molecule has 0 amide bonds. The van der Waals surface area contributed by atoms with Gasteiger partial charge in [0.25, 0.3) is 0 Å². The first-order valence-electron chi connectivity index (χ1n) is 15.8. The predicted octanol–water partition coefficient (Wildman–Crippen LogP) is 5.96. The van der Waals surface area contributed by atoms with Gasteiger partial charge in [0, 0.05) is 18.9 Å². The normalized spacial score (nSPS) is 13.5. The lowest BCUT2D eigenvalue weighted by Gasteiger charge is -2.38. The van der Waals surface area contributed by atoms with E-state index in [4.69, 9.17) is 14.2 Å². The molecule has 0 aliphatic rings. The van der Waals surface area contributed by atoms with Gasteiger partial charge in [-0.1, -0.05) is 127 Å². The summed E-state index contributed by atoms with van der Waals surface area (Å²) >= 11 is 0. The molecular formula is C41H36O9. The number of benzene rings is 5. The van der Waals surface area contributed by atoms with Crippen LogP contribution in [0, 0.1) is 0 Å². The second-order valence-corrected chi connectivity index (χ2v) is 11.6. The van der Waals surface area contributed by atoms with Crippen LogP contribution in [-0.4, -0.2) is 44.4 Å². The zero-order valence-electron chi connectivity index (χ0n) is 27.1. The number of ether oxygens (including phenoxy) is 3. The standard InChI is InChI=1S/C41H36O9/c42-37(50-39(45)41(47,27-32-15-7-2-8-16-32)40(46,38(43)44)26-31-13-5-1-6-14-31)24-22-30-21-23-35(48-28-33-17-9-3-10-18-33)36(25-30)49-29-34-19-11-4-12-20-34/h1-25,46-47H,26-29H2,(H,43,44)/t40-,41-/m1/s1. The van der Waals surface area contributed by atoms with Crippen LogP contribution in [0.2, 0.25) is 0 Å². The zero-order valence-corrected chi connectivity index (χ0v) is 27.1. The number of carbonyl (C=O) groups excluding carboxylic acids is 2. The van der Waals surface area contributed by atoms with E-state index < -0.39 is 42.0 Å². The first-order chi connectivity index (χ1) is 24.2. The van der Waals surface area contributed by atoms with Crippen molar-refractivity contribution in [1.29, 1.82) is 0 Å². The number of hydrogen-bond acceptors (Lipinski definition) is 8. The fourth-order valence-electron chi connectivity index (χ4n) is 5.27. The summed E-state index contributed by atoms with van der Waals surface area (Å²) in [4.78, 5) is 39.1. The molecule has 5 aromatic rings. The molecule has 0 saturated carbocycles. The van der Waals surface area contributed by atoms with Crippen LogP contribution < -0.4 is 9.47 Å². The van der Waals surface area contributed by atoms with E-state index >= 15 is 0 Å². The monoisotopic (exact) mass is 672 g/mol. The Kier molecular flexibility index (Phi) is 11.6. The highest BCUT2D eigenvalue weighted by atomic mass is 16.6. The highest BCUT2D eigenvalue weighted by Gasteiger charge is 2.61. The topological polar surface area (TPSA) is 140 Å². The third-order valence-electron chi connectivity index (χ3n) is 8.03. The number of carboxylic acid groups (broad SMARTS) is 1. The van der Waals surface area contributed by atoms with Gasteiger partial charge in [-0.3, -0.25) is 0 Å². The van der Waals surface area contributed by atoms with E-state index in [1.165, 1.54) is 6.08 Å². The van der Waals surface area contributed by atoms with Crippen molar-refractivity contribution < 1.29 is 43.9 Å². The Morgan fingerprint density at radius 3 is 1.48 bits per heavy atom. The molecule has 0 aliphatic heterocycles. The van der Waals surface area contributed by atoms with Crippen LogP contribution in [-0.2, 0) is 45.2 Å². The third kappa shape index (κ3) is 8.90. The Morgan fingerprint density at radius 2 is 1.00 bits per heavy atom. The summed E-state index contributed by atoms with van der Waals surface area (Å²) in [5.41, 5.74) is -3.06. The molecule has 0 radical (unpaired) electrons. The highest BCUT2D eigenvalue weighted by molar-refractivity contribution is 6.00. The zero-order chi connectivity index (χ0) is 35.4. The van der Waals surface area contributed by atoms with Crippen molar-refractivity contribution in [2.24, 2.45) is 0 Å². The molecule has 3 N–H and O–H groups in total. The minimum absolute atomic E-state index is 0.252. The number of rotatable bonds is 15. The molecule has 0 unspecified atom stereocenters. The van der Waals surface area contributed by atoms with Gasteiger partial charge in [-0.05, 0) is 46.0 Å². The van der Waals surface area contributed by atoms with Crippen LogP contribution in [0.3, 0.4) is 0 Å².